The van der Waals surface area contributed by atoms with E-state index in [1.807, 2.05) is 0 Å². The van der Waals surface area contributed by atoms with Gasteiger partial charge in [-0.25, -0.2) is 8.42 Å². The van der Waals surface area contributed by atoms with Gasteiger partial charge in [-0.2, -0.15) is 4.31 Å². The number of benzene rings is 1. The Balaban J connectivity index is 0.00000220. The Bertz CT molecular complexity index is 565. The molecule has 1 aliphatic heterocycles. The van der Waals surface area contributed by atoms with Gasteiger partial charge in [-0.3, -0.25) is 4.99 Å². The zero-order valence-electron chi connectivity index (χ0n) is 11.7. The van der Waals surface area contributed by atoms with Crippen LogP contribution in [-0.2, 0) is 10.0 Å². The van der Waals surface area contributed by atoms with Crippen molar-refractivity contribution in [1.82, 2.24) is 4.31 Å². The number of nitrogens with two attached hydrogens (primary N) is 2. The minimum atomic E-state index is -3.37. The summed E-state index contributed by atoms with van der Waals surface area (Å²) in [5, 5.41) is 0. The molecule has 1 heterocycles. The van der Waals surface area contributed by atoms with E-state index in [1.54, 1.807) is 30.3 Å². The Hall–Kier alpha value is -0.870. The molecule has 0 aromatic heterocycles. The van der Waals surface area contributed by atoms with Crippen molar-refractivity contribution in [2.45, 2.75) is 17.7 Å². The zero-order valence-corrected chi connectivity index (χ0v) is 14.8. The molecule has 0 aliphatic carbocycles. The maximum atomic E-state index is 12.4. The lowest BCUT2D eigenvalue weighted by atomic mass is 9.98. The highest BCUT2D eigenvalue weighted by Gasteiger charge is 2.28. The molecular formula is C13H21IN4O2S. The van der Waals surface area contributed by atoms with Crippen LogP contribution < -0.4 is 11.5 Å². The van der Waals surface area contributed by atoms with E-state index in [-0.39, 0.29) is 29.9 Å². The van der Waals surface area contributed by atoms with Gasteiger partial charge in [0.2, 0.25) is 10.0 Å². The molecule has 0 spiro atoms. The van der Waals surface area contributed by atoms with Crippen LogP contribution in [0.1, 0.15) is 12.8 Å². The maximum absolute atomic E-state index is 12.4. The molecule has 0 amide bonds. The third kappa shape index (κ3) is 4.82. The summed E-state index contributed by atoms with van der Waals surface area (Å²) >= 11 is 0. The summed E-state index contributed by atoms with van der Waals surface area (Å²) < 4.78 is 26.4. The largest absolute Gasteiger partial charge is 0.370 e. The van der Waals surface area contributed by atoms with Gasteiger partial charge in [-0.15, -0.1) is 24.0 Å². The van der Waals surface area contributed by atoms with E-state index in [1.165, 1.54) is 4.31 Å². The van der Waals surface area contributed by atoms with Crippen molar-refractivity contribution in [3.8, 4) is 0 Å². The molecule has 118 valence electrons. The smallest absolute Gasteiger partial charge is 0.243 e. The lowest BCUT2D eigenvalue weighted by Gasteiger charge is -2.30. The predicted octanol–water partition coefficient (Wildman–Crippen LogP) is 0.979. The Morgan fingerprint density at radius 1 is 1.19 bits per heavy atom. The SMILES string of the molecule is I.NC(N)=NCC1CCN(S(=O)(=O)c2ccccc2)CC1. The van der Waals surface area contributed by atoms with Crippen molar-refractivity contribution in [1.29, 1.82) is 0 Å². The normalized spacial score (nSPS) is 17.0. The first-order valence-electron chi connectivity index (χ1n) is 6.61. The number of aliphatic imine (C=N–C) groups is 1. The number of nitrogens with zero attached hydrogens (tertiary/aromatic N) is 2. The number of guanidine groups is 1. The van der Waals surface area contributed by atoms with Crippen LogP contribution in [0.5, 0.6) is 0 Å². The Morgan fingerprint density at radius 3 is 2.29 bits per heavy atom. The zero-order chi connectivity index (χ0) is 14.6. The minimum absolute atomic E-state index is 0. The van der Waals surface area contributed by atoms with Crippen molar-refractivity contribution in [2.75, 3.05) is 19.6 Å². The number of hydrogen-bond donors (Lipinski definition) is 2. The van der Waals surface area contributed by atoms with Crippen molar-refractivity contribution >= 4 is 40.0 Å². The van der Waals surface area contributed by atoms with E-state index >= 15 is 0 Å². The van der Waals surface area contributed by atoms with Crippen LogP contribution in [0, 0.1) is 5.92 Å². The monoisotopic (exact) mass is 424 g/mol. The van der Waals surface area contributed by atoms with Crippen LogP contribution in [0.3, 0.4) is 0 Å². The minimum Gasteiger partial charge on any atom is -0.370 e. The fourth-order valence-electron chi connectivity index (χ4n) is 2.31. The summed E-state index contributed by atoms with van der Waals surface area (Å²) in [7, 11) is -3.37. The molecule has 4 N–H and O–H groups in total. The van der Waals surface area contributed by atoms with E-state index in [0.29, 0.717) is 30.4 Å². The number of halogens is 1. The van der Waals surface area contributed by atoms with E-state index in [2.05, 4.69) is 4.99 Å². The number of sulfonamides is 1. The quantitative estimate of drug-likeness (QED) is 0.427. The van der Waals surface area contributed by atoms with Gasteiger partial charge in [0, 0.05) is 19.6 Å². The van der Waals surface area contributed by atoms with Crippen molar-refractivity contribution in [3.63, 3.8) is 0 Å². The van der Waals surface area contributed by atoms with Gasteiger partial charge < -0.3 is 11.5 Å². The summed E-state index contributed by atoms with van der Waals surface area (Å²) in [5.41, 5.74) is 10.6. The van der Waals surface area contributed by atoms with Crippen LogP contribution in [0.25, 0.3) is 0 Å². The molecule has 6 nitrogen and oxygen atoms in total. The van der Waals surface area contributed by atoms with Crippen LogP contribution >= 0.6 is 24.0 Å². The molecule has 0 radical (unpaired) electrons. The average Bonchev–Trinajstić information content (AvgIpc) is 2.46. The van der Waals surface area contributed by atoms with Gasteiger partial charge in [-0.1, -0.05) is 18.2 Å². The van der Waals surface area contributed by atoms with E-state index in [4.69, 9.17) is 11.5 Å². The molecule has 21 heavy (non-hydrogen) atoms. The van der Waals surface area contributed by atoms with Crippen molar-refractivity contribution in [3.05, 3.63) is 30.3 Å². The standard InChI is InChI=1S/C13H20N4O2S.HI/c14-13(15)16-10-11-6-8-17(9-7-11)20(18,19)12-4-2-1-3-5-12;/h1-5,11H,6-10H2,(H4,14,15,16);1H. The highest BCUT2D eigenvalue weighted by Crippen LogP contribution is 2.23. The molecule has 8 heteroatoms. The van der Waals surface area contributed by atoms with Gasteiger partial charge in [0.1, 0.15) is 0 Å². The fourth-order valence-corrected chi connectivity index (χ4v) is 3.80. The second-order valence-corrected chi connectivity index (χ2v) is 6.86. The van der Waals surface area contributed by atoms with Gasteiger partial charge >= 0.3 is 0 Å². The molecule has 0 atom stereocenters. The summed E-state index contributed by atoms with van der Waals surface area (Å²) in [6, 6.07) is 8.53. The van der Waals surface area contributed by atoms with Gasteiger partial charge in [0.05, 0.1) is 4.90 Å². The molecule has 1 aliphatic rings. The van der Waals surface area contributed by atoms with Gasteiger partial charge in [0.15, 0.2) is 5.96 Å². The predicted molar refractivity (Wildman–Crippen MR) is 94.0 cm³/mol. The first-order chi connectivity index (χ1) is 9.50. The molecular weight excluding hydrogens is 403 g/mol. The summed E-state index contributed by atoms with van der Waals surface area (Å²) in [6.07, 6.45) is 1.56. The topological polar surface area (TPSA) is 102 Å². The van der Waals surface area contributed by atoms with Crippen LogP contribution in [0.2, 0.25) is 0 Å². The van der Waals surface area contributed by atoms with E-state index < -0.39 is 10.0 Å². The first kappa shape index (κ1) is 18.2. The second kappa shape index (κ2) is 7.95. The summed E-state index contributed by atoms with van der Waals surface area (Å²) in [5.74, 6) is 0.434. The lowest BCUT2D eigenvalue weighted by Crippen LogP contribution is -2.39. The molecule has 2 rings (SSSR count). The third-order valence-corrected chi connectivity index (χ3v) is 5.40. The highest BCUT2D eigenvalue weighted by molar-refractivity contribution is 14.0. The lowest BCUT2D eigenvalue weighted by molar-refractivity contribution is 0.279. The van der Waals surface area contributed by atoms with Crippen LogP contribution in [-0.4, -0.2) is 38.3 Å². The number of piperidine rings is 1. The number of rotatable bonds is 4. The first-order valence-corrected chi connectivity index (χ1v) is 8.05. The molecule has 0 saturated carbocycles. The Labute approximate surface area is 142 Å². The summed E-state index contributed by atoms with van der Waals surface area (Å²) in [6.45, 7) is 1.60. The fraction of sp³-hybridized carbons (Fsp3) is 0.462. The van der Waals surface area contributed by atoms with E-state index in [0.717, 1.165) is 12.8 Å². The van der Waals surface area contributed by atoms with Crippen molar-refractivity contribution < 1.29 is 8.42 Å². The molecule has 0 unspecified atom stereocenters. The molecule has 1 fully saturated rings. The molecule has 1 saturated heterocycles. The van der Waals surface area contributed by atoms with Crippen LogP contribution in [0.15, 0.2) is 40.2 Å². The summed E-state index contributed by atoms with van der Waals surface area (Å²) in [4.78, 5) is 4.35. The van der Waals surface area contributed by atoms with Gasteiger partial charge in [-0.05, 0) is 30.9 Å². The number of hydrogen-bond acceptors (Lipinski definition) is 3. The highest BCUT2D eigenvalue weighted by atomic mass is 127. The maximum Gasteiger partial charge on any atom is 0.243 e. The van der Waals surface area contributed by atoms with Crippen molar-refractivity contribution in [2.24, 2.45) is 22.4 Å². The Morgan fingerprint density at radius 2 is 1.76 bits per heavy atom. The van der Waals surface area contributed by atoms with Crippen LogP contribution in [0.4, 0.5) is 0 Å². The molecule has 1 aromatic rings. The average molecular weight is 424 g/mol. The van der Waals surface area contributed by atoms with E-state index in [9.17, 15) is 8.42 Å². The molecule has 1 aromatic carbocycles. The van der Waals surface area contributed by atoms with Gasteiger partial charge in [0.25, 0.3) is 0 Å². The molecule has 0 bridgehead atoms. The third-order valence-electron chi connectivity index (χ3n) is 3.49. The second-order valence-electron chi connectivity index (χ2n) is 4.93. The Kier molecular flexibility index (Phi) is 6.88.